The molecule has 184 valence electrons. The van der Waals surface area contributed by atoms with E-state index in [2.05, 4.69) is 78.0 Å². The Morgan fingerprint density at radius 2 is 1.80 bits per heavy atom. The van der Waals surface area contributed by atoms with Crippen LogP contribution in [-0.2, 0) is 11.3 Å². The monoisotopic (exact) mass is 489 g/mol. The Morgan fingerprint density at radius 1 is 1.00 bits per heavy atom. The summed E-state index contributed by atoms with van der Waals surface area (Å²) in [6.07, 6.45) is 4.47. The van der Waals surface area contributed by atoms with E-state index < -0.39 is 0 Å². The highest BCUT2D eigenvalue weighted by atomic mass is 32.2. The maximum atomic E-state index is 12.5. The van der Waals surface area contributed by atoms with Gasteiger partial charge >= 0.3 is 0 Å². The van der Waals surface area contributed by atoms with Crippen LogP contribution >= 0.6 is 11.8 Å². The van der Waals surface area contributed by atoms with E-state index in [0.717, 1.165) is 73.1 Å². The number of rotatable bonds is 12. The topological polar surface area (TPSA) is 63.9 Å². The van der Waals surface area contributed by atoms with Crippen LogP contribution in [0.15, 0.2) is 53.7 Å². The molecule has 0 fully saturated rings. The van der Waals surface area contributed by atoms with Crippen molar-refractivity contribution in [2.45, 2.75) is 64.6 Å². The van der Waals surface area contributed by atoms with Crippen molar-refractivity contribution in [2.24, 2.45) is 0 Å². The van der Waals surface area contributed by atoms with Gasteiger partial charge in [-0.15, -0.1) is 10.2 Å². The van der Waals surface area contributed by atoms with Crippen LogP contribution in [0.5, 0.6) is 0 Å². The Labute approximate surface area is 212 Å². The van der Waals surface area contributed by atoms with Crippen molar-refractivity contribution in [1.82, 2.24) is 24.6 Å². The van der Waals surface area contributed by atoms with E-state index in [4.69, 9.17) is 4.98 Å². The van der Waals surface area contributed by atoms with Crippen LogP contribution in [0.1, 0.15) is 57.1 Å². The largest absolute Gasteiger partial charge is 0.343 e. The van der Waals surface area contributed by atoms with Gasteiger partial charge in [-0.25, -0.2) is 4.98 Å². The second-order valence-corrected chi connectivity index (χ2v) is 10.1. The molecule has 2 heterocycles. The summed E-state index contributed by atoms with van der Waals surface area (Å²) in [5.74, 6) is 1.15. The summed E-state index contributed by atoms with van der Waals surface area (Å²) in [6.45, 7) is 8.82. The Kier molecular flexibility index (Phi) is 8.74. The highest BCUT2D eigenvalue weighted by Gasteiger charge is 2.16. The van der Waals surface area contributed by atoms with Crippen molar-refractivity contribution >= 4 is 39.7 Å². The molecule has 4 aromatic rings. The molecule has 2 aromatic carbocycles. The van der Waals surface area contributed by atoms with Crippen molar-refractivity contribution in [3.05, 3.63) is 59.7 Å². The molecular formula is C28H35N5OS. The molecule has 0 aliphatic heterocycles. The van der Waals surface area contributed by atoms with Gasteiger partial charge < -0.3 is 9.47 Å². The van der Waals surface area contributed by atoms with Crippen LogP contribution in [0.3, 0.4) is 0 Å². The van der Waals surface area contributed by atoms with Crippen LogP contribution in [0.4, 0.5) is 0 Å². The lowest BCUT2D eigenvalue weighted by Crippen LogP contribution is -2.32. The lowest BCUT2D eigenvalue weighted by atomic mass is 10.1. The van der Waals surface area contributed by atoms with Gasteiger partial charge in [0.15, 0.2) is 5.65 Å². The maximum absolute atomic E-state index is 12.5. The zero-order chi connectivity index (χ0) is 24.6. The van der Waals surface area contributed by atoms with Crippen molar-refractivity contribution in [1.29, 1.82) is 0 Å². The van der Waals surface area contributed by atoms with Crippen molar-refractivity contribution < 1.29 is 4.79 Å². The van der Waals surface area contributed by atoms with Gasteiger partial charge in [-0.3, -0.25) is 4.79 Å². The third-order valence-corrected chi connectivity index (χ3v) is 7.06. The van der Waals surface area contributed by atoms with Gasteiger partial charge in [0.1, 0.15) is 5.52 Å². The van der Waals surface area contributed by atoms with Crippen LogP contribution in [0.2, 0.25) is 0 Å². The summed E-state index contributed by atoms with van der Waals surface area (Å²) >= 11 is 1.62. The number of aromatic nitrogens is 4. The SMILES string of the molecule is CCCN(CCC)C(=O)CCCCSc1nnc2c3ccccc3n(Cc3cccc(C)c3)c2n1. The second-order valence-electron chi connectivity index (χ2n) is 9.05. The highest BCUT2D eigenvalue weighted by molar-refractivity contribution is 7.99. The number of hydrogen-bond donors (Lipinski definition) is 0. The molecule has 0 aliphatic rings. The van der Waals surface area contributed by atoms with E-state index >= 15 is 0 Å². The van der Waals surface area contributed by atoms with E-state index in [1.54, 1.807) is 11.8 Å². The minimum absolute atomic E-state index is 0.277. The fraction of sp³-hybridized carbons (Fsp3) is 0.429. The number of amides is 1. The summed E-state index contributed by atoms with van der Waals surface area (Å²) in [4.78, 5) is 19.4. The van der Waals surface area contributed by atoms with Gasteiger partial charge in [0.2, 0.25) is 11.1 Å². The summed E-state index contributed by atoms with van der Waals surface area (Å²) in [6, 6.07) is 16.9. The minimum Gasteiger partial charge on any atom is -0.343 e. The lowest BCUT2D eigenvalue weighted by Gasteiger charge is -2.21. The fourth-order valence-corrected chi connectivity index (χ4v) is 5.29. The smallest absolute Gasteiger partial charge is 0.222 e. The number of carbonyl (C=O) groups excluding carboxylic acids is 1. The van der Waals surface area contributed by atoms with E-state index in [9.17, 15) is 4.79 Å². The molecule has 6 nitrogen and oxygen atoms in total. The Morgan fingerprint density at radius 3 is 2.57 bits per heavy atom. The first-order valence-corrected chi connectivity index (χ1v) is 13.7. The van der Waals surface area contributed by atoms with E-state index in [-0.39, 0.29) is 5.91 Å². The average Bonchev–Trinajstić information content (AvgIpc) is 3.16. The molecule has 0 N–H and O–H groups in total. The molecule has 0 bridgehead atoms. The van der Waals surface area contributed by atoms with E-state index in [1.165, 1.54) is 11.1 Å². The summed E-state index contributed by atoms with van der Waals surface area (Å²) in [7, 11) is 0. The molecular weight excluding hydrogens is 454 g/mol. The van der Waals surface area contributed by atoms with Gasteiger partial charge in [0, 0.05) is 37.2 Å². The quantitative estimate of drug-likeness (QED) is 0.174. The average molecular weight is 490 g/mol. The summed E-state index contributed by atoms with van der Waals surface area (Å²) < 4.78 is 2.24. The number of hydrogen-bond acceptors (Lipinski definition) is 5. The normalized spacial score (nSPS) is 11.4. The maximum Gasteiger partial charge on any atom is 0.222 e. The third-order valence-electron chi connectivity index (χ3n) is 6.13. The first kappa shape index (κ1) is 25.2. The zero-order valence-electron chi connectivity index (χ0n) is 21.0. The lowest BCUT2D eigenvalue weighted by molar-refractivity contribution is -0.131. The number of aryl methyl sites for hydroxylation is 1. The Balaban J connectivity index is 1.44. The fourth-order valence-electron chi connectivity index (χ4n) is 4.50. The zero-order valence-corrected chi connectivity index (χ0v) is 21.9. The highest BCUT2D eigenvalue weighted by Crippen LogP contribution is 2.28. The molecule has 0 atom stereocenters. The van der Waals surface area contributed by atoms with Crippen molar-refractivity contribution in [3.8, 4) is 0 Å². The van der Waals surface area contributed by atoms with E-state index in [0.29, 0.717) is 11.6 Å². The molecule has 0 spiro atoms. The van der Waals surface area contributed by atoms with Gasteiger partial charge in [-0.1, -0.05) is 73.6 Å². The van der Waals surface area contributed by atoms with Gasteiger partial charge in [-0.2, -0.15) is 0 Å². The molecule has 4 rings (SSSR count). The molecule has 2 aromatic heterocycles. The van der Waals surface area contributed by atoms with Crippen LogP contribution in [0, 0.1) is 6.92 Å². The molecule has 0 radical (unpaired) electrons. The molecule has 7 heteroatoms. The van der Waals surface area contributed by atoms with Crippen molar-refractivity contribution in [3.63, 3.8) is 0 Å². The van der Waals surface area contributed by atoms with Gasteiger partial charge in [-0.05, 0) is 44.2 Å². The summed E-state index contributed by atoms with van der Waals surface area (Å²) in [5, 5.41) is 10.7. The molecule has 0 saturated carbocycles. The number of thioether (sulfide) groups is 1. The number of fused-ring (bicyclic) bond motifs is 3. The number of para-hydroxylation sites is 1. The number of unbranched alkanes of at least 4 members (excludes halogenated alkanes) is 1. The number of benzene rings is 2. The van der Waals surface area contributed by atoms with Crippen LogP contribution in [0.25, 0.3) is 22.1 Å². The standard InChI is InChI=1S/C28H35N5OS/c1-4-16-32(17-5-2)25(34)15-8-9-18-35-28-29-27-26(30-31-28)23-13-6-7-14-24(23)33(27)20-22-12-10-11-21(3)19-22/h6-7,10-14,19H,4-5,8-9,15-18,20H2,1-3H3. The Bertz CT molecular complexity index is 1280. The minimum atomic E-state index is 0.277. The third kappa shape index (κ3) is 6.20. The summed E-state index contributed by atoms with van der Waals surface area (Å²) in [5.41, 5.74) is 5.32. The molecule has 0 aliphatic carbocycles. The predicted octanol–water partition coefficient (Wildman–Crippen LogP) is 6.25. The second kappa shape index (κ2) is 12.2. The van der Waals surface area contributed by atoms with Gasteiger partial charge in [0.25, 0.3) is 0 Å². The van der Waals surface area contributed by atoms with E-state index in [1.807, 2.05) is 11.0 Å². The van der Waals surface area contributed by atoms with Crippen LogP contribution < -0.4 is 0 Å². The first-order chi connectivity index (χ1) is 17.1. The van der Waals surface area contributed by atoms with Crippen molar-refractivity contribution in [2.75, 3.05) is 18.8 Å². The van der Waals surface area contributed by atoms with Gasteiger partial charge in [0.05, 0.1) is 5.52 Å². The number of carbonyl (C=O) groups is 1. The molecule has 0 saturated heterocycles. The van der Waals surface area contributed by atoms with Crippen LogP contribution in [-0.4, -0.2) is 49.4 Å². The number of nitrogens with zero attached hydrogens (tertiary/aromatic N) is 5. The first-order valence-electron chi connectivity index (χ1n) is 12.7. The molecule has 0 unspecified atom stereocenters. The predicted molar refractivity (Wildman–Crippen MR) is 145 cm³/mol. The Hall–Kier alpha value is -2.93. The molecule has 35 heavy (non-hydrogen) atoms. The molecule has 1 amide bonds.